The number of pyridine rings is 1. The second-order valence-corrected chi connectivity index (χ2v) is 6.98. The topological polar surface area (TPSA) is 54.4 Å². The molecule has 3 aromatic rings. The fourth-order valence-electron chi connectivity index (χ4n) is 3.49. The lowest BCUT2D eigenvalue weighted by molar-refractivity contribution is -0.138. The van der Waals surface area contributed by atoms with Crippen LogP contribution in [0.1, 0.15) is 30.0 Å². The molecule has 1 aliphatic rings. The molecule has 1 amide bonds. The van der Waals surface area contributed by atoms with Gasteiger partial charge in [-0.1, -0.05) is 31.2 Å². The number of carbonyl (C=O) groups is 1. The largest absolute Gasteiger partial charge is 0.416 e. The molecule has 0 atom stereocenters. The maximum atomic E-state index is 13.4. The third-order valence-electron chi connectivity index (χ3n) is 4.96. The Labute approximate surface area is 171 Å². The number of aromatic nitrogens is 1. The van der Waals surface area contributed by atoms with Crippen molar-refractivity contribution in [3.63, 3.8) is 0 Å². The quantitative estimate of drug-likeness (QED) is 0.595. The highest BCUT2D eigenvalue weighted by Gasteiger charge is 2.34. The maximum absolute atomic E-state index is 13.4. The Balaban J connectivity index is 1.81. The van der Waals surface area contributed by atoms with Crippen molar-refractivity contribution in [2.24, 2.45) is 4.99 Å². The number of aryl methyl sites for hydroxylation is 1. The van der Waals surface area contributed by atoms with Crippen molar-refractivity contribution >= 4 is 23.0 Å². The number of rotatable bonds is 3. The average Bonchev–Trinajstić information content (AvgIpc) is 2.90. The Kier molecular flexibility index (Phi) is 5.11. The van der Waals surface area contributed by atoms with Crippen LogP contribution in [-0.2, 0) is 17.4 Å². The molecule has 0 unspecified atom stereocenters. The van der Waals surface area contributed by atoms with Gasteiger partial charge in [-0.3, -0.25) is 14.8 Å². The number of alkyl halides is 3. The van der Waals surface area contributed by atoms with Crippen molar-refractivity contribution in [2.75, 3.05) is 5.32 Å². The van der Waals surface area contributed by atoms with E-state index in [0.29, 0.717) is 11.4 Å². The normalized spacial score (nSPS) is 13.9. The molecule has 1 aliphatic heterocycles. The van der Waals surface area contributed by atoms with Gasteiger partial charge in [-0.05, 0) is 47.4 Å². The van der Waals surface area contributed by atoms with E-state index >= 15 is 0 Å². The zero-order chi connectivity index (χ0) is 21.3. The van der Waals surface area contributed by atoms with Crippen LogP contribution in [0.4, 0.5) is 24.5 Å². The van der Waals surface area contributed by atoms with Crippen molar-refractivity contribution in [1.29, 1.82) is 0 Å². The second kappa shape index (κ2) is 7.74. The number of amides is 1. The van der Waals surface area contributed by atoms with E-state index in [1.165, 1.54) is 6.07 Å². The number of anilines is 1. The first kappa shape index (κ1) is 19.8. The number of carbonyl (C=O) groups excluding carboxylic acids is 1. The number of hydrogen-bond acceptors (Lipinski definition) is 3. The van der Waals surface area contributed by atoms with Crippen molar-refractivity contribution in [3.8, 4) is 11.1 Å². The van der Waals surface area contributed by atoms with Gasteiger partial charge in [-0.2, -0.15) is 13.2 Å². The van der Waals surface area contributed by atoms with Crippen LogP contribution in [-0.4, -0.2) is 16.6 Å². The monoisotopic (exact) mass is 409 g/mol. The van der Waals surface area contributed by atoms with Crippen molar-refractivity contribution in [1.82, 2.24) is 4.98 Å². The predicted molar refractivity (Wildman–Crippen MR) is 110 cm³/mol. The zero-order valence-electron chi connectivity index (χ0n) is 16.1. The lowest BCUT2D eigenvalue weighted by Gasteiger charge is -2.15. The number of nitrogens with one attached hydrogen (secondary N) is 1. The molecule has 1 aromatic heterocycles. The molecule has 0 spiro atoms. The number of nitrogens with zero attached hydrogens (tertiary/aromatic N) is 2. The Morgan fingerprint density at radius 3 is 2.50 bits per heavy atom. The fourth-order valence-corrected chi connectivity index (χ4v) is 3.49. The van der Waals surface area contributed by atoms with Gasteiger partial charge in [0, 0.05) is 18.0 Å². The van der Waals surface area contributed by atoms with Crippen molar-refractivity contribution < 1.29 is 18.0 Å². The van der Waals surface area contributed by atoms with E-state index in [4.69, 9.17) is 0 Å². The van der Waals surface area contributed by atoms with Gasteiger partial charge in [0.15, 0.2) is 0 Å². The summed E-state index contributed by atoms with van der Waals surface area (Å²) in [6.45, 7) is 1.66. The first-order valence-electron chi connectivity index (χ1n) is 9.47. The maximum Gasteiger partial charge on any atom is 0.416 e. The van der Waals surface area contributed by atoms with Gasteiger partial charge in [0.05, 0.1) is 29.1 Å². The smallest absolute Gasteiger partial charge is 0.324 e. The molecule has 4 rings (SSSR count). The summed E-state index contributed by atoms with van der Waals surface area (Å²) in [5.41, 5.74) is 2.86. The number of fused-ring (bicyclic) bond motifs is 1. The summed E-state index contributed by atoms with van der Waals surface area (Å²) in [5.74, 6) is -0.406. The Morgan fingerprint density at radius 2 is 1.80 bits per heavy atom. The zero-order valence-corrected chi connectivity index (χ0v) is 16.1. The molecule has 0 aliphatic carbocycles. The number of aliphatic imine (C=N–C) groups is 1. The predicted octanol–water partition coefficient (Wildman–Crippen LogP) is 5.79. The Bertz CT molecular complexity index is 1140. The Hall–Kier alpha value is -3.48. The van der Waals surface area contributed by atoms with Gasteiger partial charge >= 0.3 is 6.18 Å². The molecule has 152 valence electrons. The number of hydrogen-bond donors (Lipinski definition) is 1. The van der Waals surface area contributed by atoms with Crippen LogP contribution >= 0.6 is 0 Å². The van der Waals surface area contributed by atoms with E-state index in [2.05, 4.69) is 15.3 Å². The second-order valence-electron chi connectivity index (χ2n) is 6.98. The average molecular weight is 409 g/mol. The summed E-state index contributed by atoms with van der Waals surface area (Å²) >= 11 is 0. The highest BCUT2D eigenvalue weighted by atomic mass is 19.4. The van der Waals surface area contributed by atoms with Crippen LogP contribution in [0.5, 0.6) is 0 Å². The summed E-state index contributed by atoms with van der Waals surface area (Å²) in [6, 6.07) is 13.7. The summed E-state index contributed by atoms with van der Waals surface area (Å²) in [7, 11) is 0. The van der Waals surface area contributed by atoms with Gasteiger partial charge < -0.3 is 5.32 Å². The number of benzene rings is 2. The van der Waals surface area contributed by atoms with Gasteiger partial charge in [-0.25, -0.2) is 0 Å². The Morgan fingerprint density at radius 1 is 1.03 bits per heavy atom. The van der Waals surface area contributed by atoms with E-state index in [-0.39, 0.29) is 24.1 Å². The van der Waals surface area contributed by atoms with Crippen molar-refractivity contribution in [2.45, 2.75) is 25.9 Å². The minimum absolute atomic E-state index is 0.0337. The highest BCUT2D eigenvalue weighted by molar-refractivity contribution is 6.17. The van der Waals surface area contributed by atoms with Crippen LogP contribution in [0.25, 0.3) is 11.1 Å². The molecule has 0 bridgehead atoms. The van der Waals surface area contributed by atoms with Gasteiger partial charge in [0.2, 0.25) is 5.91 Å². The molecular weight excluding hydrogens is 391 g/mol. The molecule has 0 fully saturated rings. The lowest BCUT2D eigenvalue weighted by atomic mass is 10.0. The van der Waals surface area contributed by atoms with E-state index in [9.17, 15) is 18.0 Å². The molecule has 30 heavy (non-hydrogen) atoms. The molecule has 2 heterocycles. The van der Waals surface area contributed by atoms with E-state index in [1.54, 1.807) is 19.3 Å². The molecule has 7 heteroatoms. The molecule has 2 aromatic carbocycles. The SMILES string of the molecule is CCc1cc2c(cc1C(F)(F)F)NC(=O)CC(c1cccc(-c3cccnc3)c1)=N2. The molecule has 4 nitrogen and oxygen atoms in total. The van der Waals surface area contributed by atoms with Crippen LogP contribution < -0.4 is 5.32 Å². The third kappa shape index (κ3) is 3.96. The summed E-state index contributed by atoms with van der Waals surface area (Å²) in [6.07, 6.45) is -0.903. The lowest BCUT2D eigenvalue weighted by Crippen LogP contribution is -2.16. The third-order valence-corrected chi connectivity index (χ3v) is 4.96. The van der Waals surface area contributed by atoms with Gasteiger partial charge in [-0.15, -0.1) is 0 Å². The summed E-state index contributed by atoms with van der Waals surface area (Å²) in [4.78, 5) is 21.1. The first-order valence-corrected chi connectivity index (χ1v) is 9.47. The summed E-state index contributed by atoms with van der Waals surface area (Å²) < 4.78 is 40.2. The molecule has 0 saturated carbocycles. The van der Waals surface area contributed by atoms with Crippen LogP contribution in [0.3, 0.4) is 0 Å². The highest BCUT2D eigenvalue weighted by Crippen LogP contribution is 2.39. The minimum atomic E-state index is -4.50. The molecule has 1 N–H and O–H groups in total. The fraction of sp³-hybridized carbons (Fsp3) is 0.174. The minimum Gasteiger partial charge on any atom is -0.324 e. The van der Waals surface area contributed by atoms with Crippen LogP contribution in [0.15, 0.2) is 65.9 Å². The van der Waals surface area contributed by atoms with E-state index < -0.39 is 17.6 Å². The van der Waals surface area contributed by atoms with Crippen LogP contribution in [0.2, 0.25) is 0 Å². The summed E-state index contributed by atoms with van der Waals surface area (Å²) in [5, 5.41) is 2.57. The first-order chi connectivity index (χ1) is 14.3. The van der Waals surface area contributed by atoms with Crippen molar-refractivity contribution in [3.05, 3.63) is 77.6 Å². The van der Waals surface area contributed by atoms with Crippen LogP contribution in [0, 0.1) is 0 Å². The van der Waals surface area contributed by atoms with Gasteiger partial charge in [0.25, 0.3) is 0 Å². The molecule has 0 radical (unpaired) electrons. The standard InChI is InChI=1S/C23H18F3N3O/c1-2-14-10-20-21(11-18(14)23(24,25)26)29-22(30)12-19(28-20)16-6-3-5-15(9-16)17-7-4-8-27-13-17/h3-11,13H,2,12H2,1H3,(H,29,30). The molecule has 0 saturated heterocycles. The van der Waals surface area contributed by atoms with E-state index in [0.717, 1.165) is 22.8 Å². The van der Waals surface area contributed by atoms with E-state index in [1.807, 2.05) is 36.4 Å². The molecular formula is C23H18F3N3O. The van der Waals surface area contributed by atoms with Gasteiger partial charge in [0.1, 0.15) is 0 Å². The number of halogens is 3.